The predicted octanol–water partition coefficient (Wildman–Crippen LogP) is 2.36. The van der Waals surface area contributed by atoms with Crippen LogP contribution in [0.5, 0.6) is 0 Å². The van der Waals surface area contributed by atoms with Crippen molar-refractivity contribution in [3.63, 3.8) is 0 Å². The molecule has 1 aromatic carbocycles. The molecule has 1 atom stereocenters. The largest absolute Gasteiger partial charge is 0.466 e. The first-order chi connectivity index (χ1) is 8.45. The van der Waals surface area contributed by atoms with Crippen LogP contribution in [0.2, 0.25) is 5.02 Å². The summed E-state index contributed by atoms with van der Waals surface area (Å²) >= 11 is 6.17. The monoisotopic (exact) mass is 270 g/mol. The van der Waals surface area contributed by atoms with Crippen LogP contribution in [0.15, 0.2) is 18.2 Å². The van der Waals surface area contributed by atoms with E-state index in [9.17, 15) is 4.79 Å². The highest BCUT2D eigenvalue weighted by molar-refractivity contribution is 6.31. The van der Waals surface area contributed by atoms with Crippen LogP contribution in [0.4, 0.5) is 5.69 Å². The third-order valence-corrected chi connectivity index (χ3v) is 2.92. The highest BCUT2D eigenvalue weighted by Crippen LogP contribution is 2.27. The summed E-state index contributed by atoms with van der Waals surface area (Å²) in [6.45, 7) is 2.13. The molecule has 1 rings (SSSR count). The molecule has 0 spiro atoms. The molecule has 0 aliphatic carbocycles. The predicted molar refractivity (Wildman–Crippen MR) is 74.0 cm³/mol. The maximum Gasteiger partial charge on any atom is 0.307 e. The molecule has 0 unspecified atom stereocenters. The van der Waals surface area contributed by atoms with Crippen molar-refractivity contribution < 1.29 is 9.53 Å². The van der Waals surface area contributed by atoms with Crippen LogP contribution in [0, 0.1) is 0 Å². The molecule has 0 amide bonds. The average molecular weight is 271 g/mol. The number of benzene rings is 1. The standard InChI is InChI=1S/C13H19ClN2O2/c1-4-18-13(17)8-12(15)10-6-5-9(16(2)3)7-11(10)14/h5-7,12H,4,8,15H2,1-3H3/t12-/m0/s1. The van der Waals surface area contributed by atoms with Gasteiger partial charge in [-0.25, -0.2) is 0 Å². The van der Waals surface area contributed by atoms with Gasteiger partial charge in [0.1, 0.15) is 0 Å². The maximum atomic E-state index is 11.4. The second-order valence-electron chi connectivity index (χ2n) is 4.22. The highest BCUT2D eigenvalue weighted by atomic mass is 35.5. The Hall–Kier alpha value is -1.26. The lowest BCUT2D eigenvalue weighted by Crippen LogP contribution is -2.18. The van der Waals surface area contributed by atoms with Crippen molar-refractivity contribution in [2.24, 2.45) is 5.73 Å². The summed E-state index contributed by atoms with van der Waals surface area (Å²) in [4.78, 5) is 13.3. The van der Waals surface area contributed by atoms with Gasteiger partial charge in [0.05, 0.1) is 13.0 Å². The summed E-state index contributed by atoms with van der Waals surface area (Å²) in [7, 11) is 3.87. The summed E-state index contributed by atoms with van der Waals surface area (Å²) in [6, 6.07) is 5.17. The van der Waals surface area contributed by atoms with Crippen molar-refractivity contribution >= 4 is 23.3 Å². The number of esters is 1. The Morgan fingerprint density at radius 3 is 2.67 bits per heavy atom. The quantitative estimate of drug-likeness (QED) is 0.835. The lowest BCUT2D eigenvalue weighted by molar-refractivity contribution is -0.143. The fraction of sp³-hybridized carbons (Fsp3) is 0.462. The molecule has 0 heterocycles. The third-order valence-electron chi connectivity index (χ3n) is 2.59. The Labute approximate surface area is 113 Å². The Kier molecular flexibility index (Phi) is 5.44. The van der Waals surface area contributed by atoms with Crippen LogP contribution in [-0.2, 0) is 9.53 Å². The van der Waals surface area contributed by atoms with E-state index < -0.39 is 6.04 Å². The summed E-state index contributed by atoms with van der Waals surface area (Å²) < 4.78 is 4.87. The van der Waals surface area contributed by atoms with Gasteiger partial charge in [0, 0.05) is 30.8 Å². The van der Waals surface area contributed by atoms with E-state index >= 15 is 0 Å². The zero-order valence-corrected chi connectivity index (χ0v) is 11.7. The zero-order valence-electron chi connectivity index (χ0n) is 10.9. The van der Waals surface area contributed by atoms with E-state index in [1.807, 2.05) is 37.2 Å². The van der Waals surface area contributed by atoms with Crippen LogP contribution < -0.4 is 10.6 Å². The van der Waals surface area contributed by atoms with Gasteiger partial charge in [0.25, 0.3) is 0 Å². The zero-order chi connectivity index (χ0) is 13.7. The number of carbonyl (C=O) groups excluding carboxylic acids is 1. The van der Waals surface area contributed by atoms with Crippen molar-refractivity contribution in [1.82, 2.24) is 0 Å². The van der Waals surface area contributed by atoms with Crippen LogP contribution in [0.1, 0.15) is 24.9 Å². The molecule has 4 nitrogen and oxygen atoms in total. The first kappa shape index (κ1) is 14.8. The van der Waals surface area contributed by atoms with E-state index in [-0.39, 0.29) is 12.4 Å². The lowest BCUT2D eigenvalue weighted by atomic mass is 10.0. The molecule has 0 aliphatic heterocycles. The Morgan fingerprint density at radius 1 is 1.50 bits per heavy atom. The first-order valence-corrected chi connectivity index (χ1v) is 6.21. The van der Waals surface area contributed by atoms with Gasteiger partial charge in [-0.05, 0) is 24.6 Å². The summed E-state index contributed by atoms with van der Waals surface area (Å²) in [6.07, 6.45) is 0.134. The average Bonchev–Trinajstić information content (AvgIpc) is 2.28. The molecule has 0 saturated carbocycles. The smallest absolute Gasteiger partial charge is 0.307 e. The highest BCUT2D eigenvalue weighted by Gasteiger charge is 2.15. The number of ether oxygens (including phenoxy) is 1. The molecule has 0 aromatic heterocycles. The molecule has 1 aromatic rings. The van der Waals surface area contributed by atoms with E-state index in [0.29, 0.717) is 11.6 Å². The first-order valence-electron chi connectivity index (χ1n) is 5.83. The lowest BCUT2D eigenvalue weighted by Gasteiger charge is -2.17. The van der Waals surface area contributed by atoms with Gasteiger partial charge in [-0.2, -0.15) is 0 Å². The van der Waals surface area contributed by atoms with Crippen LogP contribution in [0.3, 0.4) is 0 Å². The van der Waals surface area contributed by atoms with Gasteiger partial charge in [0.2, 0.25) is 0 Å². The van der Waals surface area contributed by atoms with Gasteiger partial charge in [-0.1, -0.05) is 17.7 Å². The summed E-state index contributed by atoms with van der Waals surface area (Å²) in [5.41, 5.74) is 7.71. The van der Waals surface area contributed by atoms with Gasteiger partial charge >= 0.3 is 5.97 Å². The van der Waals surface area contributed by atoms with Crippen molar-refractivity contribution in [2.45, 2.75) is 19.4 Å². The van der Waals surface area contributed by atoms with Gasteiger partial charge in [0.15, 0.2) is 0 Å². The van der Waals surface area contributed by atoms with E-state index in [4.69, 9.17) is 22.1 Å². The second kappa shape index (κ2) is 6.61. The maximum absolute atomic E-state index is 11.4. The molecule has 18 heavy (non-hydrogen) atoms. The van der Waals surface area contributed by atoms with Crippen LogP contribution >= 0.6 is 11.6 Å². The molecule has 0 saturated heterocycles. The molecular formula is C13H19ClN2O2. The second-order valence-corrected chi connectivity index (χ2v) is 4.62. The number of nitrogens with zero attached hydrogens (tertiary/aromatic N) is 1. The Morgan fingerprint density at radius 2 is 2.17 bits per heavy atom. The van der Waals surface area contributed by atoms with Crippen molar-refractivity contribution in [3.05, 3.63) is 28.8 Å². The minimum Gasteiger partial charge on any atom is -0.466 e. The molecule has 0 bridgehead atoms. The fourth-order valence-corrected chi connectivity index (χ4v) is 1.92. The van der Waals surface area contributed by atoms with E-state index in [0.717, 1.165) is 11.3 Å². The molecule has 5 heteroatoms. The van der Waals surface area contributed by atoms with E-state index in [2.05, 4.69) is 0 Å². The Balaban J connectivity index is 2.80. The molecular weight excluding hydrogens is 252 g/mol. The van der Waals surface area contributed by atoms with Crippen LogP contribution in [-0.4, -0.2) is 26.7 Å². The van der Waals surface area contributed by atoms with E-state index in [1.165, 1.54) is 0 Å². The number of halogens is 1. The number of carbonyl (C=O) groups is 1. The SMILES string of the molecule is CCOC(=O)C[C@H](N)c1ccc(N(C)C)cc1Cl. The number of hydrogen-bond acceptors (Lipinski definition) is 4. The fourth-order valence-electron chi connectivity index (χ4n) is 1.60. The molecule has 2 N–H and O–H groups in total. The van der Waals surface area contributed by atoms with Gasteiger partial charge in [-0.3, -0.25) is 4.79 Å². The van der Waals surface area contributed by atoms with Gasteiger partial charge in [-0.15, -0.1) is 0 Å². The van der Waals surface area contributed by atoms with Crippen molar-refractivity contribution in [2.75, 3.05) is 25.6 Å². The normalized spacial score (nSPS) is 12.1. The van der Waals surface area contributed by atoms with Gasteiger partial charge < -0.3 is 15.4 Å². The number of rotatable bonds is 5. The van der Waals surface area contributed by atoms with E-state index in [1.54, 1.807) is 6.92 Å². The number of anilines is 1. The summed E-state index contributed by atoms with van der Waals surface area (Å²) in [5, 5.41) is 0.568. The molecule has 100 valence electrons. The minimum atomic E-state index is -0.437. The van der Waals surface area contributed by atoms with Crippen LogP contribution in [0.25, 0.3) is 0 Å². The van der Waals surface area contributed by atoms with Crippen molar-refractivity contribution in [1.29, 1.82) is 0 Å². The topological polar surface area (TPSA) is 55.6 Å². The number of hydrogen-bond donors (Lipinski definition) is 1. The molecule has 0 aliphatic rings. The molecule has 0 radical (unpaired) electrons. The number of nitrogens with two attached hydrogens (primary N) is 1. The molecule has 0 fully saturated rings. The minimum absolute atomic E-state index is 0.134. The summed E-state index contributed by atoms with van der Waals surface area (Å²) in [5.74, 6) is -0.308. The van der Waals surface area contributed by atoms with Crippen molar-refractivity contribution in [3.8, 4) is 0 Å². The Bertz CT molecular complexity index is 421. The third kappa shape index (κ3) is 3.89.